The van der Waals surface area contributed by atoms with E-state index < -0.39 is 5.97 Å². The lowest BCUT2D eigenvalue weighted by atomic mass is 10.2. The maximum atomic E-state index is 9.97. The van der Waals surface area contributed by atoms with Crippen LogP contribution in [0.1, 0.15) is 19.3 Å². The first-order valence-corrected chi connectivity index (χ1v) is 4.01. The van der Waals surface area contributed by atoms with Gasteiger partial charge in [0.05, 0.1) is 0 Å². The molecule has 0 aromatic carbocycles. The smallest absolute Gasteiger partial charge is 0.329 e. The van der Waals surface area contributed by atoms with Gasteiger partial charge in [-0.1, -0.05) is 0 Å². The third-order valence-electron chi connectivity index (χ3n) is 1.32. The maximum absolute atomic E-state index is 9.97. The van der Waals surface area contributed by atoms with Crippen molar-refractivity contribution < 1.29 is 15.0 Å². The van der Waals surface area contributed by atoms with Gasteiger partial charge >= 0.3 is 5.97 Å². The number of hydrogen-bond donors (Lipinski definition) is 3. The fourth-order valence-corrected chi connectivity index (χ4v) is 0.729. The minimum Gasteiger partial charge on any atom is -0.478 e. The molecule has 0 heterocycles. The Labute approximate surface area is 71.9 Å². The number of aliphatic hydroxyl groups excluding tert-OH is 1. The summed E-state index contributed by atoms with van der Waals surface area (Å²) in [6.07, 6.45) is 5.20. The van der Waals surface area contributed by atoms with E-state index in [4.69, 9.17) is 10.2 Å². The van der Waals surface area contributed by atoms with Crippen molar-refractivity contribution in [2.45, 2.75) is 19.3 Å². The van der Waals surface area contributed by atoms with E-state index >= 15 is 0 Å². The van der Waals surface area contributed by atoms with E-state index in [0.29, 0.717) is 0 Å². The van der Waals surface area contributed by atoms with Crippen molar-refractivity contribution in [2.24, 2.45) is 0 Å². The summed E-state index contributed by atoms with van der Waals surface area (Å²) in [4.78, 5) is 9.97. The molecule has 12 heavy (non-hydrogen) atoms. The van der Waals surface area contributed by atoms with Crippen molar-refractivity contribution in [3.63, 3.8) is 0 Å². The first-order chi connectivity index (χ1) is 5.77. The van der Waals surface area contributed by atoms with Gasteiger partial charge in [0.25, 0.3) is 0 Å². The minimum atomic E-state index is -0.946. The van der Waals surface area contributed by atoms with Crippen LogP contribution in [0, 0.1) is 0 Å². The Morgan fingerprint density at radius 1 is 1.33 bits per heavy atom. The van der Waals surface area contributed by atoms with Gasteiger partial charge in [-0.2, -0.15) is 0 Å². The molecule has 0 radical (unpaired) electrons. The van der Waals surface area contributed by atoms with E-state index in [9.17, 15) is 4.79 Å². The van der Waals surface area contributed by atoms with E-state index in [1.807, 2.05) is 0 Å². The van der Waals surface area contributed by atoms with Gasteiger partial charge in [-0.3, -0.25) is 0 Å². The zero-order chi connectivity index (χ0) is 9.23. The lowest BCUT2D eigenvalue weighted by molar-refractivity contribution is -0.131. The van der Waals surface area contributed by atoms with Gasteiger partial charge in [0.15, 0.2) is 0 Å². The van der Waals surface area contributed by atoms with Gasteiger partial charge in [-0.15, -0.1) is 0 Å². The van der Waals surface area contributed by atoms with Crippen molar-refractivity contribution in [2.75, 3.05) is 13.2 Å². The van der Waals surface area contributed by atoms with Crippen molar-refractivity contribution >= 4 is 5.97 Å². The van der Waals surface area contributed by atoms with E-state index in [-0.39, 0.29) is 6.61 Å². The number of unbranched alkanes of at least 4 members (excludes halogenated alkanes) is 2. The molecular formula is C8H15NO3. The molecule has 0 fully saturated rings. The molecule has 0 saturated heterocycles. The molecule has 0 aromatic rings. The summed E-state index contributed by atoms with van der Waals surface area (Å²) in [6, 6.07) is 0. The predicted octanol–water partition coefficient (Wildman–Crippen LogP) is 0.337. The second-order valence-electron chi connectivity index (χ2n) is 2.41. The van der Waals surface area contributed by atoms with Crippen LogP contribution >= 0.6 is 0 Å². The van der Waals surface area contributed by atoms with Crippen LogP contribution in [0.3, 0.4) is 0 Å². The first-order valence-electron chi connectivity index (χ1n) is 4.01. The highest BCUT2D eigenvalue weighted by atomic mass is 16.4. The van der Waals surface area contributed by atoms with Crippen LogP contribution in [0.2, 0.25) is 0 Å². The van der Waals surface area contributed by atoms with E-state index in [0.717, 1.165) is 31.9 Å². The Morgan fingerprint density at radius 2 is 2.08 bits per heavy atom. The maximum Gasteiger partial charge on any atom is 0.329 e. The SMILES string of the molecule is O=C(O)/C=C/NCCCCCO. The van der Waals surface area contributed by atoms with Gasteiger partial charge in [0.2, 0.25) is 0 Å². The summed E-state index contributed by atoms with van der Waals surface area (Å²) in [7, 11) is 0. The quantitative estimate of drug-likeness (QED) is 0.383. The molecule has 4 heteroatoms. The number of hydrogen-bond acceptors (Lipinski definition) is 3. The Morgan fingerprint density at radius 3 is 2.67 bits per heavy atom. The number of rotatable bonds is 7. The zero-order valence-electron chi connectivity index (χ0n) is 6.99. The fourth-order valence-electron chi connectivity index (χ4n) is 0.729. The lowest BCUT2D eigenvalue weighted by Gasteiger charge is -1.98. The fraction of sp³-hybridized carbons (Fsp3) is 0.625. The lowest BCUT2D eigenvalue weighted by Crippen LogP contribution is -2.07. The van der Waals surface area contributed by atoms with Gasteiger partial charge in [0, 0.05) is 25.4 Å². The average molecular weight is 173 g/mol. The molecule has 4 nitrogen and oxygen atoms in total. The number of nitrogens with one attached hydrogen (secondary N) is 1. The largest absolute Gasteiger partial charge is 0.478 e. The second kappa shape index (κ2) is 8.07. The van der Waals surface area contributed by atoms with Crippen LogP contribution in [0.5, 0.6) is 0 Å². The molecule has 70 valence electrons. The normalized spacial score (nSPS) is 10.4. The van der Waals surface area contributed by atoms with Crippen molar-refractivity contribution in [3.8, 4) is 0 Å². The summed E-state index contributed by atoms with van der Waals surface area (Å²) >= 11 is 0. The van der Waals surface area contributed by atoms with Gasteiger partial charge in [0.1, 0.15) is 0 Å². The zero-order valence-corrected chi connectivity index (χ0v) is 6.99. The molecular weight excluding hydrogens is 158 g/mol. The topological polar surface area (TPSA) is 69.6 Å². The number of aliphatic carboxylic acids is 1. The highest BCUT2D eigenvalue weighted by Crippen LogP contribution is 1.91. The van der Waals surface area contributed by atoms with E-state index in [2.05, 4.69) is 5.32 Å². The standard InChI is InChI=1S/C8H15NO3/c10-7-3-1-2-5-9-6-4-8(11)12/h4,6,9-10H,1-3,5,7H2,(H,11,12)/b6-4+. The average Bonchev–Trinajstić information content (AvgIpc) is 2.02. The monoisotopic (exact) mass is 173 g/mol. The molecule has 0 saturated carbocycles. The summed E-state index contributed by atoms with van der Waals surface area (Å²) in [5, 5.41) is 19.5. The Bertz CT molecular complexity index is 145. The van der Waals surface area contributed by atoms with Crippen molar-refractivity contribution in [3.05, 3.63) is 12.3 Å². The molecule has 0 unspecified atom stereocenters. The highest BCUT2D eigenvalue weighted by Gasteiger charge is 1.86. The first kappa shape index (κ1) is 11.0. The summed E-state index contributed by atoms with van der Waals surface area (Å²) in [6.45, 7) is 0.981. The van der Waals surface area contributed by atoms with Gasteiger partial charge < -0.3 is 15.5 Å². The summed E-state index contributed by atoms with van der Waals surface area (Å²) in [5.74, 6) is -0.946. The predicted molar refractivity (Wildman–Crippen MR) is 45.7 cm³/mol. The molecule has 3 N–H and O–H groups in total. The van der Waals surface area contributed by atoms with Crippen molar-refractivity contribution in [1.29, 1.82) is 0 Å². The molecule has 0 aromatic heterocycles. The van der Waals surface area contributed by atoms with Crippen LogP contribution in [-0.2, 0) is 4.79 Å². The van der Waals surface area contributed by atoms with Crippen LogP contribution in [0.4, 0.5) is 0 Å². The third kappa shape index (κ3) is 8.97. The molecule has 0 aliphatic carbocycles. The summed E-state index contributed by atoms with van der Waals surface area (Å²) in [5.41, 5.74) is 0. The van der Waals surface area contributed by atoms with E-state index in [1.54, 1.807) is 0 Å². The second-order valence-corrected chi connectivity index (χ2v) is 2.41. The molecule has 0 spiro atoms. The van der Waals surface area contributed by atoms with Crippen LogP contribution in [0.15, 0.2) is 12.3 Å². The molecule has 0 bridgehead atoms. The van der Waals surface area contributed by atoms with Gasteiger partial charge in [-0.25, -0.2) is 4.79 Å². The van der Waals surface area contributed by atoms with Gasteiger partial charge in [-0.05, 0) is 19.3 Å². The highest BCUT2D eigenvalue weighted by molar-refractivity contribution is 5.79. The number of aliphatic hydroxyl groups is 1. The molecule has 0 aliphatic heterocycles. The third-order valence-corrected chi connectivity index (χ3v) is 1.32. The number of carboxylic acid groups (broad SMARTS) is 1. The molecule has 0 aliphatic rings. The Kier molecular flexibility index (Phi) is 7.38. The minimum absolute atomic E-state index is 0.227. The van der Waals surface area contributed by atoms with Crippen molar-refractivity contribution in [1.82, 2.24) is 5.32 Å². The van der Waals surface area contributed by atoms with Crippen LogP contribution in [0.25, 0.3) is 0 Å². The molecule has 0 atom stereocenters. The number of carboxylic acids is 1. The van der Waals surface area contributed by atoms with Crippen LogP contribution < -0.4 is 5.32 Å². The summed E-state index contributed by atoms with van der Waals surface area (Å²) < 4.78 is 0. The van der Waals surface area contributed by atoms with Crippen LogP contribution in [-0.4, -0.2) is 29.3 Å². The molecule has 0 amide bonds. The Balaban J connectivity index is 3.05. The number of carbonyl (C=O) groups is 1. The van der Waals surface area contributed by atoms with E-state index in [1.165, 1.54) is 6.20 Å². The Hall–Kier alpha value is -1.03. The molecule has 0 rings (SSSR count).